The van der Waals surface area contributed by atoms with Gasteiger partial charge in [0.2, 0.25) is 0 Å². The van der Waals surface area contributed by atoms with Crippen LogP contribution in [0.4, 0.5) is 0 Å². The number of hydrogen-bond donors (Lipinski definition) is 2. The van der Waals surface area contributed by atoms with Gasteiger partial charge < -0.3 is 0 Å². The van der Waals surface area contributed by atoms with E-state index in [1.807, 2.05) is 72.8 Å². The SMILES string of the molecule is CC(C)(C)c1cc(C[S]2=[Ti]=[S](Cc3cc(C(C)(C)C)cc(Oc4ccccc4)c3O)[C@H]3CCCCCCC32)c(O)c(Oc2ccccc2)c1. The molecule has 0 aromatic heterocycles. The van der Waals surface area contributed by atoms with Crippen LogP contribution in [0.1, 0.15) is 102 Å². The zero-order valence-electron chi connectivity index (χ0n) is 29.9. The summed E-state index contributed by atoms with van der Waals surface area (Å²) in [4.78, 5) is 0. The Labute approximate surface area is 303 Å². The molecular formula is C42H52O4S2Ti. The van der Waals surface area contributed by atoms with Crippen molar-refractivity contribution in [3.8, 4) is 34.5 Å². The molecule has 3 unspecified atom stereocenters. The number of rotatable bonds is 8. The Morgan fingerprint density at radius 1 is 0.592 bits per heavy atom. The van der Waals surface area contributed by atoms with E-state index >= 15 is 0 Å². The molecule has 4 nitrogen and oxygen atoms in total. The Bertz CT molecular complexity index is 1720. The summed E-state index contributed by atoms with van der Waals surface area (Å²) >= 11 is -0.369. The van der Waals surface area contributed by atoms with Gasteiger partial charge in [-0.1, -0.05) is 0 Å². The van der Waals surface area contributed by atoms with Gasteiger partial charge in [-0.2, -0.15) is 0 Å². The second-order valence-electron chi connectivity index (χ2n) is 15.6. The third-order valence-corrected chi connectivity index (χ3v) is 25.6. The average Bonchev–Trinajstić information content (AvgIpc) is 3.34. The molecule has 1 fully saturated rings. The molecule has 1 aliphatic carbocycles. The molecule has 4 aromatic rings. The number of phenolic OH excluding ortho intramolecular Hbond substituents is 2. The fraction of sp³-hybridized carbons (Fsp3) is 0.429. The molecule has 1 saturated carbocycles. The maximum atomic E-state index is 11.7. The van der Waals surface area contributed by atoms with Crippen molar-refractivity contribution in [1.82, 2.24) is 0 Å². The number of benzene rings is 4. The molecule has 4 atom stereocenters. The van der Waals surface area contributed by atoms with Crippen molar-refractivity contribution in [3.63, 3.8) is 0 Å². The Kier molecular flexibility index (Phi) is 11.4. The first-order valence-electron chi connectivity index (χ1n) is 17.7. The van der Waals surface area contributed by atoms with Crippen LogP contribution in [0.15, 0.2) is 84.9 Å². The Balaban J connectivity index is 1.41. The molecule has 2 N–H and O–H groups in total. The molecule has 260 valence electrons. The van der Waals surface area contributed by atoms with Crippen molar-refractivity contribution in [3.05, 3.63) is 107 Å². The summed E-state index contributed by atoms with van der Waals surface area (Å²) in [5.41, 5.74) is 4.30. The number of aromatic hydroxyl groups is 2. The van der Waals surface area contributed by atoms with Gasteiger partial charge in [-0.3, -0.25) is 0 Å². The summed E-state index contributed by atoms with van der Waals surface area (Å²) in [6.45, 7) is 13.4. The molecule has 6 rings (SSSR count). The number of ether oxygens (including phenoxy) is 2. The molecule has 1 aliphatic heterocycles. The Morgan fingerprint density at radius 2 is 0.980 bits per heavy atom. The summed E-state index contributed by atoms with van der Waals surface area (Å²) in [7, 11) is 0.451. The van der Waals surface area contributed by atoms with Crippen LogP contribution in [0.2, 0.25) is 0 Å². The van der Waals surface area contributed by atoms with Gasteiger partial charge in [0, 0.05) is 0 Å². The van der Waals surface area contributed by atoms with Crippen LogP contribution in [0.25, 0.3) is 0 Å². The van der Waals surface area contributed by atoms with E-state index in [-0.39, 0.29) is 42.2 Å². The maximum absolute atomic E-state index is 11.7. The first-order valence-corrected chi connectivity index (χ1v) is 24.4. The topological polar surface area (TPSA) is 58.9 Å². The number of phenols is 2. The fourth-order valence-electron chi connectivity index (χ4n) is 6.74. The second-order valence-corrected chi connectivity index (χ2v) is 27.0. The summed E-state index contributed by atoms with van der Waals surface area (Å²) in [6, 6.07) is 28.2. The van der Waals surface area contributed by atoms with Crippen molar-refractivity contribution in [2.45, 2.75) is 113 Å². The molecule has 1 heterocycles. The van der Waals surface area contributed by atoms with E-state index in [1.54, 1.807) is 0 Å². The number of fused-ring (bicyclic) bond motifs is 1. The Hall–Kier alpha value is -2.51. The third kappa shape index (κ3) is 8.87. The molecule has 4 aromatic carbocycles. The molecule has 0 bridgehead atoms. The van der Waals surface area contributed by atoms with E-state index in [0.717, 1.165) is 34.1 Å². The molecule has 0 amide bonds. The van der Waals surface area contributed by atoms with Gasteiger partial charge in [-0.25, -0.2) is 0 Å². The van der Waals surface area contributed by atoms with Gasteiger partial charge in [-0.15, -0.1) is 0 Å². The van der Waals surface area contributed by atoms with Gasteiger partial charge in [-0.05, 0) is 0 Å². The zero-order valence-corrected chi connectivity index (χ0v) is 33.1. The standard InChI is InChI=1S/C42H52O4S2.Ti/c1-41(2,3)31-23-29(39(43)35(25-31)45-33-17-11-9-12-18-33)27-47-37-21-15-7-8-16-22-38(37)48-28-30-24-32(42(4,5)6)26-36(40(30)44)46-34-19-13-10-14-20-34;/h9-14,17-20,23-26,37-38,43-44H,7-8,15-16,21-22,27-28H2,1-6H3;/t37-,38?;/m0./s1. The van der Waals surface area contributed by atoms with Crippen molar-refractivity contribution >= 4 is 15.9 Å². The van der Waals surface area contributed by atoms with Crippen LogP contribution in [-0.2, 0) is 37.8 Å². The summed E-state index contributed by atoms with van der Waals surface area (Å²) < 4.78 is 12.6. The molecule has 0 radical (unpaired) electrons. The quantitative estimate of drug-likeness (QED) is 0.177. The molecule has 7 heteroatoms. The first kappa shape index (κ1) is 36.3. The molecular weight excluding hydrogens is 680 g/mol. The average molecular weight is 733 g/mol. The van der Waals surface area contributed by atoms with Crippen molar-refractivity contribution in [2.75, 3.05) is 0 Å². The number of para-hydroxylation sites is 2. The van der Waals surface area contributed by atoms with Crippen LogP contribution >= 0.6 is 15.9 Å². The van der Waals surface area contributed by atoms with Gasteiger partial charge in [0.1, 0.15) is 0 Å². The van der Waals surface area contributed by atoms with Gasteiger partial charge in [0.25, 0.3) is 0 Å². The number of hydrogen-bond acceptors (Lipinski definition) is 4. The van der Waals surface area contributed by atoms with Crippen LogP contribution in [-0.4, -0.2) is 20.7 Å². The predicted octanol–water partition coefficient (Wildman–Crippen LogP) is 12.5. The molecule has 0 spiro atoms. The van der Waals surface area contributed by atoms with E-state index < -0.39 is 0 Å². The van der Waals surface area contributed by atoms with Crippen molar-refractivity contribution in [1.29, 1.82) is 0 Å². The molecule has 49 heavy (non-hydrogen) atoms. The van der Waals surface area contributed by atoms with Gasteiger partial charge in [0.05, 0.1) is 0 Å². The predicted molar refractivity (Wildman–Crippen MR) is 205 cm³/mol. The fourth-order valence-corrected chi connectivity index (χ4v) is 27.6. The van der Waals surface area contributed by atoms with E-state index in [1.165, 1.54) is 49.7 Å². The van der Waals surface area contributed by atoms with Crippen molar-refractivity contribution in [2.24, 2.45) is 0 Å². The Morgan fingerprint density at radius 3 is 1.35 bits per heavy atom. The minimum absolute atomic E-state index is 0.0749. The first-order chi connectivity index (χ1) is 23.4. The third-order valence-electron chi connectivity index (χ3n) is 9.69. The summed E-state index contributed by atoms with van der Waals surface area (Å²) in [6.07, 6.45) is 7.80. The molecule has 2 aliphatic rings. The van der Waals surface area contributed by atoms with Crippen molar-refractivity contribution < 1.29 is 35.1 Å². The normalized spacial score (nSPS) is 21.1. The summed E-state index contributed by atoms with van der Waals surface area (Å²) in [5, 5.41) is 24.9. The van der Waals surface area contributed by atoms with E-state index in [9.17, 15) is 10.2 Å². The van der Waals surface area contributed by atoms with Gasteiger partial charge >= 0.3 is 306 Å². The molecule has 0 saturated heterocycles. The van der Waals surface area contributed by atoms with Crippen LogP contribution in [0, 0.1) is 0 Å². The van der Waals surface area contributed by atoms with E-state index in [4.69, 9.17) is 9.47 Å². The zero-order chi connectivity index (χ0) is 34.8. The van der Waals surface area contributed by atoms with Crippen LogP contribution < -0.4 is 9.47 Å². The van der Waals surface area contributed by atoms with Gasteiger partial charge in [0.15, 0.2) is 0 Å². The summed E-state index contributed by atoms with van der Waals surface area (Å²) in [5.74, 6) is 5.01. The van der Waals surface area contributed by atoms with Crippen LogP contribution in [0.3, 0.4) is 0 Å². The monoisotopic (exact) mass is 732 g/mol. The van der Waals surface area contributed by atoms with E-state index in [2.05, 4.69) is 53.7 Å². The van der Waals surface area contributed by atoms with Crippen LogP contribution in [0.5, 0.6) is 34.5 Å². The van der Waals surface area contributed by atoms with E-state index in [0.29, 0.717) is 33.5 Å². The minimum atomic E-state index is -0.369. The second kappa shape index (κ2) is 15.4.